The van der Waals surface area contributed by atoms with Crippen LogP contribution in [0, 0.1) is 12.7 Å². The third-order valence-corrected chi connectivity index (χ3v) is 4.91. The molecule has 0 N–H and O–H groups in total. The molecule has 2 heterocycles. The number of aromatic nitrogens is 2. The molecular weight excluding hydrogens is 361 g/mol. The molecule has 6 nitrogen and oxygen atoms in total. The van der Waals surface area contributed by atoms with Crippen LogP contribution >= 0.6 is 0 Å². The molecule has 4 rings (SSSR count). The average molecular weight is 381 g/mol. The van der Waals surface area contributed by atoms with E-state index in [2.05, 4.69) is 10.1 Å². The SMILES string of the molecule is COc1ccc(-c2noc(C3CC(=O)N(Cc4ccc(C)cc4)C3)n2)cc1F. The Kier molecular flexibility index (Phi) is 4.81. The Labute approximate surface area is 161 Å². The van der Waals surface area contributed by atoms with Gasteiger partial charge in [0.15, 0.2) is 11.6 Å². The first-order valence-electron chi connectivity index (χ1n) is 9.04. The van der Waals surface area contributed by atoms with Crippen LogP contribution in [0.4, 0.5) is 4.39 Å². The molecule has 1 saturated heterocycles. The van der Waals surface area contributed by atoms with Crippen molar-refractivity contribution in [1.82, 2.24) is 15.0 Å². The maximum Gasteiger partial charge on any atom is 0.232 e. The molecule has 3 aromatic rings. The van der Waals surface area contributed by atoms with Gasteiger partial charge in [0.1, 0.15) is 0 Å². The van der Waals surface area contributed by atoms with E-state index >= 15 is 0 Å². The Balaban J connectivity index is 1.47. The zero-order valence-corrected chi connectivity index (χ0v) is 15.7. The number of nitrogens with zero attached hydrogens (tertiary/aromatic N) is 3. The summed E-state index contributed by atoms with van der Waals surface area (Å²) in [5.74, 6) is 0.238. The van der Waals surface area contributed by atoms with Gasteiger partial charge < -0.3 is 14.2 Å². The summed E-state index contributed by atoms with van der Waals surface area (Å²) in [5, 5.41) is 3.95. The summed E-state index contributed by atoms with van der Waals surface area (Å²) in [4.78, 5) is 18.6. The summed E-state index contributed by atoms with van der Waals surface area (Å²) in [6, 6.07) is 12.6. The van der Waals surface area contributed by atoms with Crippen LogP contribution in [0.1, 0.15) is 29.4 Å². The molecule has 1 aliphatic heterocycles. The maximum atomic E-state index is 13.9. The van der Waals surface area contributed by atoms with Gasteiger partial charge in [-0.25, -0.2) is 4.39 Å². The fourth-order valence-electron chi connectivity index (χ4n) is 3.33. The van der Waals surface area contributed by atoms with Gasteiger partial charge in [-0.1, -0.05) is 35.0 Å². The average Bonchev–Trinajstić information content (AvgIpc) is 3.31. The number of carbonyl (C=O) groups excluding carboxylic acids is 1. The molecule has 0 aliphatic carbocycles. The summed E-state index contributed by atoms with van der Waals surface area (Å²) < 4.78 is 24.2. The number of aryl methyl sites for hydroxylation is 1. The van der Waals surface area contributed by atoms with Crippen molar-refractivity contribution in [3.63, 3.8) is 0 Å². The molecule has 0 radical (unpaired) electrons. The Morgan fingerprint density at radius 1 is 1.25 bits per heavy atom. The Bertz CT molecular complexity index is 1000. The summed E-state index contributed by atoms with van der Waals surface area (Å²) in [6.45, 7) is 3.11. The Hall–Kier alpha value is -3.22. The van der Waals surface area contributed by atoms with Crippen molar-refractivity contribution >= 4 is 5.91 Å². The van der Waals surface area contributed by atoms with Crippen LogP contribution in [0.5, 0.6) is 5.75 Å². The first kappa shape index (κ1) is 18.2. The zero-order chi connectivity index (χ0) is 19.7. The van der Waals surface area contributed by atoms with E-state index in [0.29, 0.717) is 36.8 Å². The van der Waals surface area contributed by atoms with Crippen LogP contribution in [0.25, 0.3) is 11.4 Å². The van der Waals surface area contributed by atoms with Crippen LogP contribution in [0.3, 0.4) is 0 Å². The van der Waals surface area contributed by atoms with Crippen molar-refractivity contribution < 1.29 is 18.4 Å². The third-order valence-electron chi connectivity index (χ3n) is 4.91. The molecular formula is C21H20FN3O3. The second-order valence-corrected chi connectivity index (χ2v) is 6.97. The molecule has 1 fully saturated rings. The van der Waals surface area contributed by atoms with Crippen molar-refractivity contribution in [1.29, 1.82) is 0 Å². The normalized spacial score (nSPS) is 16.6. The molecule has 0 bridgehead atoms. The van der Waals surface area contributed by atoms with Crippen LogP contribution in [0.15, 0.2) is 47.0 Å². The minimum atomic E-state index is -0.494. The Morgan fingerprint density at radius 3 is 2.75 bits per heavy atom. The van der Waals surface area contributed by atoms with Gasteiger partial charge in [0, 0.05) is 25.1 Å². The highest BCUT2D eigenvalue weighted by atomic mass is 19.1. The van der Waals surface area contributed by atoms with Gasteiger partial charge in [0.05, 0.1) is 13.0 Å². The van der Waals surface area contributed by atoms with E-state index in [0.717, 1.165) is 5.56 Å². The lowest BCUT2D eigenvalue weighted by atomic mass is 10.1. The van der Waals surface area contributed by atoms with E-state index in [-0.39, 0.29) is 17.6 Å². The summed E-state index contributed by atoms with van der Waals surface area (Å²) in [6.07, 6.45) is 0.324. The number of hydrogen-bond donors (Lipinski definition) is 0. The van der Waals surface area contributed by atoms with Gasteiger partial charge in [-0.15, -0.1) is 0 Å². The number of ether oxygens (including phenoxy) is 1. The van der Waals surface area contributed by atoms with Crippen molar-refractivity contribution in [3.8, 4) is 17.1 Å². The monoisotopic (exact) mass is 381 g/mol. The number of hydrogen-bond acceptors (Lipinski definition) is 5. The van der Waals surface area contributed by atoms with Gasteiger partial charge in [-0.3, -0.25) is 4.79 Å². The number of carbonyl (C=O) groups is 1. The van der Waals surface area contributed by atoms with E-state index in [1.807, 2.05) is 31.2 Å². The molecule has 2 aromatic carbocycles. The van der Waals surface area contributed by atoms with E-state index in [1.165, 1.54) is 24.8 Å². The van der Waals surface area contributed by atoms with E-state index in [4.69, 9.17) is 9.26 Å². The number of rotatable bonds is 5. The highest BCUT2D eigenvalue weighted by Crippen LogP contribution is 2.30. The molecule has 1 aliphatic rings. The van der Waals surface area contributed by atoms with E-state index in [1.54, 1.807) is 11.0 Å². The quantitative estimate of drug-likeness (QED) is 0.674. The highest BCUT2D eigenvalue weighted by molar-refractivity contribution is 5.79. The molecule has 144 valence electrons. The number of methoxy groups -OCH3 is 1. The van der Waals surface area contributed by atoms with Gasteiger partial charge in [0.2, 0.25) is 17.6 Å². The first-order chi connectivity index (χ1) is 13.5. The lowest BCUT2D eigenvalue weighted by Crippen LogP contribution is -2.24. The number of amides is 1. The van der Waals surface area contributed by atoms with Crippen LogP contribution in [0.2, 0.25) is 0 Å². The third kappa shape index (κ3) is 3.60. The highest BCUT2D eigenvalue weighted by Gasteiger charge is 2.34. The molecule has 7 heteroatoms. The van der Waals surface area contributed by atoms with Gasteiger partial charge in [-0.05, 0) is 30.7 Å². The van der Waals surface area contributed by atoms with Crippen molar-refractivity contribution in [2.24, 2.45) is 0 Å². The largest absolute Gasteiger partial charge is 0.494 e. The number of benzene rings is 2. The number of halogens is 1. The minimum Gasteiger partial charge on any atom is -0.494 e. The van der Waals surface area contributed by atoms with Crippen molar-refractivity contribution in [2.75, 3.05) is 13.7 Å². The van der Waals surface area contributed by atoms with Crippen LogP contribution < -0.4 is 4.74 Å². The summed E-state index contributed by atoms with van der Waals surface area (Å²) >= 11 is 0. The Morgan fingerprint density at radius 2 is 2.04 bits per heavy atom. The van der Waals surface area contributed by atoms with Gasteiger partial charge in [0.25, 0.3) is 0 Å². The summed E-state index contributed by atoms with van der Waals surface area (Å²) in [7, 11) is 1.41. The van der Waals surface area contributed by atoms with Crippen molar-refractivity contribution in [3.05, 3.63) is 65.3 Å². The standard InChI is InChI=1S/C21H20FN3O3/c1-13-3-5-14(6-4-13)11-25-12-16(10-19(25)26)21-23-20(24-28-21)15-7-8-18(27-2)17(22)9-15/h3-9,16H,10-12H2,1-2H3. The van der Waals surface area contributed by atoms with E-state index < -0.39 is 5.82 Å². The predicted octanol–water partition coefficient (Wildman–Crippen LogP) is 3.71. The second-order valence-electron chi connectivity index (χ2n) is 6.97. The van der Waals surface area contributed by atoms with Crippen molar-refractivity contribution in [2.45, 2.75) is 25.8 Å². The fourth-order valence-corrected chi connectivity index (χ4v) is 3.33. The molecule has 1 atom stereocenters. The van der Waals surface area contributed by atoms with Crippen LogP contribution in [-0.2, 0) is 11.3 Å². The smallest absolute Gasteiger partial charge is 0.232 e. The fraction of sp³-hybridized carbons (Fsp3) is 0.286. The van der Waals surface area contributed by atoms with Gasteiger partial charge >= 0.3 is 0 Å². The predicted molar refractivity (Wildman–Crippen MR) is 100 cm³/mol. The molecule has 1 unspecified atom stereocenters. The minimum absolute atomic E-state index is 0.0563. The number of likely N-dealkylation sites (tertiary alicyclic amines) is 1. The van der Waals surface area contributed by atoms with E-state index in [9.17, 15) is 9.18 Å². The molecule has 0 spiro atoms. The lowest BCUT2D eigenvalue weighted by molar-refractivity contribution is -0.128. The molecule has 0 saturated carbocycles. The second kappa shape index (κ2) is 7.42. The van der Waals surface area contributed by atoms with Gasteiger partial charge in [-0.2, -0.15) is 4.98 Å². The maximum absolute atomic E-state index is 13.9. The molecule has 28 heavy (non-hydrogen) atoms. The zero-order valence-electron chi connectivity index (χ0n) is 15.7. The molecule has 1 amide bonds. The summed E-state index contributed by atoms with van der Waals surface area (Å²) in [5.41, 5.74) is 2.76. The van der Waals surface area contributed by atoms with Crippen LogP contribution in [-0.4, -0.2) is 34.6 Å². The topological polar surface area (TPSA) is 68.5 Å². The first-order valence-corrected chi connectivity index (χ1v) is 9.04. The molecule has 1 aromatic heterocycles. The lowest BCUT2D eigenvalue weighted by Gasteiger charge is -2.16.